The lowest BCUT2D eigenvalue weighted by Gasteiger charge is -2.04. The normalized spacial score (nSPS) is 12.9. The summed E-state index contributed by atoms with van der Waals surface area (Å²) < 4.78 is 0. The molecule has 3 nitrogen and oxygen atoms in total. The summed E-state index contributed by atoms with van der Waals surface area (Å²) in [5.41, 5.74) is 0. The van der Waals surface area contributed by atoms with Gasteiger partial charge in [0.25, 0.3) is 0 Å². The fraction of sp³-hybridized carbons (Fsp3) is 0.833. The number of hydrogen-bond donors (Lipinski definition) is 2. The molecule has 0 aliphatic heterocycles. The molecule has 124 valence electrons. The zero-order chi connectivity index (χ0) is 15.8. The van der Waals surface area contributed by atoms with Crippen LogP contribution in [0.15, 0.2) is 12.2 Å². The predicted molar refractivity (Wildman–Crippen MR) is 88.5 cm³/mol. The summed E-state index contributed by atoms with van der Waals surface area (Å²) in [6.07, 6.45) is 17.5. The molecule has 0 aromatic carbocycles. The molecule has 0 heterocycles. The maximum Gasteiger partial charge on any atom is 0.303 e. The quantitative estimate of drug-likeness (QED) is 0.327. The molecule has 0 spiro atoms. The van der Waals surface area contributed by atoms with Crippen LogP contribution in [0.1, 0.15) is 90.4 Å². The largest absolute Gasteiger partial charge is 0.481 e. The van der Waals surface area contributed by atoms with E-state index in [2.05, 4.69) is 13.0 Å². The van der Waals surface area contributed by atoms with Crippen molar-refractivity contribution in [2.75, 3.05) is 0 Å². The van der Waals surface area contributed by atoms with Gasteiger partial charge in [-0.2, -0.15) is 0 Å². The fourth-order valence-electron chi connectivity index (χ4n) is 2.38. The second kappa shape index (κ2) is 15.6. The molecule has 0 unspecified atom stereocenters. The first-order valence-corrected chi connectivity index (χ1v) is 8.73. The summed E-state index contributed by atoms with van der Waals surface area (Å²) in [7, 11) is 0. The average molecular weight is 298 g/mol. The molecule has 3 heteroatoms. The van der Waals surface area contributed by atoms with E-state index in [-0.39, 0.29) is 6.10 Å². The first kappa shape index (κ1) is 20.2. The van der Waals surface area contributed by atoms with Gasteiger partial charge in [-0.3, -0.25) is 4.79 Å². The second-order valence-electron chi connectivity index (χ2n) is 5.90. The highest BCUT2D eigenvalue weighted by molar-refractivity contribution is 5.66. The van der Waals surface area contributed by atoms with Crippen molar-refractivity contribution in [2.24, 2.45) is 0 Å². The van der Waals surface area contributed by atoms with Crippen LogP contribution in [0.3, 0.4) is 0 Å². The van der Waals surface area contributed by atoms with Gasteiger partial charge in [0.15, 0.2) is 0 Å². The van der Waals surface area contributed by atoms with Crippen molar-refractivity contribution < 1.29 is 15.0 Å². The number of allylic oxidation sites excluding steroid dienone is 1. The maximum atomic E-state index is 10.3. The summed E-state index contributed by atoms with van der Waals surface area (Å²) in [6.45, 7) is 2.17. The molecule has 0 amide bonds. The highest BCUT2D eigenvalue weighted by Crippen LogP contribution is 2.10. The van der Waals surface area contributed by atoms with Crippen molar-refractivity contribution in [3.63, 3.8) is 0 Å². The van der Waals surface area contributed by atoms with Gasteiger partial charge in [0.1, 0.15) is 0 Å². The summed E-state index contributed by atoms with van der Waals surface area (Å²) in [5.74, 6) is -0.682. The molecule has 21 heavy (non-hydrogen) atoms. The van der Waals surface area contributed by atoms with Gasteiger partial charge in [0.05, 0.1) is 6.10 Å². The van der Waals surface area contributed by atoms with E-state index >= 15 is 0 Å². The van der Waals surface area contributed by atoms with Gasteiger partial charge in [-0.1, -0.05) is 70.4 Å². The number of carbonyl (C=O) groups is 1. The number of hydrogen-bond acceptors (Lipinski definition) is 2. The van der Waals surface area contributed by atoms with Gasteiger partial charge in [-0.05, 0) is 25.7 Å². The number of aliphatic carboxylic acids is 1. The van der Waals surface area contributed by atoms with Crippen molar-refractivity contribution >= 4 is 5.97 Å². The Kier molecular flexibility index (Phi) is 14.9. The molecule has 2 N–H and O–H groups in total. The Morgan fingerprint density at radius 1 is 0.952 bits per heavy atom. The summed E-state index contributed by atoms with van der Waals surface area (Å²) in [4.78, 5) is 10.3. The minimum absolute atomic E-state index is 0.259. The number of carboxylic acid groups (broad SMARTS) is 1. The Morgan fingerprint density at radius 3 is 2.19 bits per heavy atom. The second-order valence-corrected chi connectivity index (χ2v) is 5.90. The van der Waals surface area contributed by atoms with E-state index in [1.165, 1.54) is 38.5 Å². The molecule has 0 aliphatic carbocycles. The van der Waals surface area contributed by atoms with Crippen molar-refractivity contribution in [3.05, 3.63) is 12.2 Å². The van der Waals surface area contributed by atoms with E-state index < -0.39 is 5.97 Å². The minimum Gasteiger partial charge on any atom is -0.481 e. The van der Waals surface area contributed by atoms with Gasteiger partial charge in [-0.25, -0.2) is 0 Å². The van der Waals surface area contributed by atoms with Gasteiger partial charge in [0, 0.05) is 6.42 Å². The van der Waals surface area contributed by atoms with Crippen LogP contribution >= 0.6 is 0 Å². The Labute approximate surface area is 130 Å². The van der Waals surface area contributed by atoms with Gasteiger partial charge in [-0.15, -0.1) is 0 Å². The molecule has 0 saturated heterocycles. The summed E-state index contributed by atoms with van der Waals surface area (Å²) in [6, 6.07) is 0. The molecule has 0 bridgehead atoms. The third kappa shape index (κ3) is 17.1. The number of carboxylic acids is 1. The van der Waals surface area contributed by atoms with E-state index in [0.717, 1.165) is 38.5 Å². The van der Waals surface area contributed by atoms with Crippen LogP contribution in [0.4, 0.5) is 0 Å². The van der Waals surface area contributed by atoms with E-state index in [4.69, 9.17) is 5.11 Å². The topological polar surface area (TPSA) is 57.5 Å². The summed E-state index contributed by atoms with van der Waals surface area (Å²) in [5, 5.41) is 18.2. The zero-order valence-electron chi connectivity index (χ0n) is 13.7. The number of unbranched alkanes of at least 4 members (excludes halogenated alkanes) is 9. The third-order valence-corrected chi connectivity index (χ3v) is 3.72. The van der Waals surface area contributed by atoms with Crippen LogP contribution in [-0.2, 0) is 4.79 Å². The Hall–Kier alpha value is -0.830. The molecule has 1 atom stereocenters. The molecule has 0 rings (SSSR count). The molecule has 0 fully saturated rings. The van der Waals surface area contributed by atoms with Crippen molar-refractivity contribution in [1.29, 1.82) is 0 Å². The standard InChI is InChI=1S/C18H34O3/c1-2-3-11-14-17(19)15-12-9-7-5-4-6-8-10-13-16-18(20)21/h12,15,17,19H,2-11,13-14,16H2,1H3,(H,20,21)/b15-12+/t17-/m1/s1. The van der Waals surface area contributed by atoms with E-state index in [1.807, 2.05) is 6.08 Å². The molecule has 0 saturated carbocycles. The maximum absolute atomic E-state index is 10.3. The molecule has 0 aliphatic rings. The zero-order valence-corrected chi connectivity index (χ0v) is 13.7. The Morgan fingerprint density at radius 2 is 1.57 bits per heavy atom. The predicted octanol–water partition coefficient (Wildman–Crippen LogP) is 5.08. The molecular formula is C18H34O3. The third-order valence-electron chi connectivity index (χ3n) is 3.72. The van der Waals surface area contributed by atoms with Crippen LogP contribution in [0, 0.1) is 0 Å². The van der Waals surface area contributed by atoms with Gasteiger partial charge >= 0.3 is 5.97 Å². The van der Waals surface area contributed by atoms with Crippen molar-refractivity contribution in [3.8, 4) is 0 Å². The van der Waals surface area contributed by atoms with E-state index in [0.29, 0.717) is 6.42 Å². The van der Waals surface area contributed by atoms with E-state index in [9.17, 15) is 9.90 Å². The SMILES string of the molecule is CCCCC[C@@H](O)/C=C/CCCCCCCCCC(=O)O. The smallest absolute Gasteiger partial charge is 0.303 e. The molecule has 0 aromatic heterocycles. The first-order valence-electron chi connectivity index (χ1n) is 8.73. The minimum atomic E-state index is -0.682. The molecule has 0 radical (unpaired) electrons. The monoisotopic (exact) mass is 298 g/mol. The molecular weight excluding hydrogens is 264 g/mol. The first-order chi connectivity index (χ1) is 10.2. The molecule has 0 aromatic rings. The average Bonchev–Trinajstić information content (AvgIpc) is 2.44. The van der Waals surface area contributed by atoms with Crippen LogP contribution in [0.5, 0.6) is 0 Å². The highest BCUT2D eigenvalue weighted by atomic mass is 16.4. The fourth-order valence-corrected chi connectivity index (χ4v) is 2.38. The van der Waals surface area contributed by atoms with Crippen LogP contribution in [0.2, 0.25) is 0 Å². The van der Waals surface area contributed by atoms with Crippen molar-refractivity contribution in [2.45, 2.75) is 96.5 Å². The van der Waals surface area contributed by atoms with Crippen LogP contribution < -0.4 is 0 Å². The number of aliphatic hydroxyl groups excluding tert-OH is 1. The van der Waals surface area contributed by atoms with Crippen molar-refractivity contribution in [1.82, 2.24) is 0 Å². The Bertz CT molecular complexity index is 261. The van der Waals surface area contributed by atoms with Gasteiger partial charge in [0.2, 0.25) is 0 Å². The van der Waals surface area contributed by atoms with Gasteiger partial charge < -0.3 is 10.2 Å². The lowest BCUT2D eigenvalue weighted by atomic mass is 10.1. The number of rotatable bonds is 15. The van der Waals surface area contributed by atoms with Crippen LogP contribution in [-0.4, -0.2) is 22.3 Å². The summed E-state index contributed by atoms with van der Waals surface area (Å²) >= 11 is 0. The lowest BCUT2D eigenvalue weighted by Crippen LogP contribution is -2.01. The van der Waals surface area contributed by atoms with E-state index in [1.54, 1.807) is 0 Å². The Balaban J connectivity index is 3.22. The van der Waals surface area contributed by atoms with Crippen LogP contribution in [0.25, 0.3) is 0 Å². The number of aliphatic hydroxyl groups is 1. The lowest BCUT2D eigenvalue weighted by molar-refractivity contribution is -0.137. The highest BCUT2D eigenvalue weighted by Gasteiger charge is 1.98.